The number of nitrogens with one attached hydrogen (secondary N) is 2. The summed E-state index contributed by atoms with van der Waals surface area (Å²) in [7, 11) is 0. The molecule has 0 aliphatic rings. The predicted molar refractivity (Wildman–Crippen MR) is 143 cm³/mol. The van der Waals surface area contributed by atoms with Crippen molar-refractivity contribution in [2.24, 2.45) is 16.7 Å². The van der Waals surface area contributed by atoms with Gasteiger partial charge in [0.15, 0.2) is 0 Å². The highest BCUT2D eigenvalue weighted by atomic mass is 32.1. The molecule has 6 N–H and O–H groups in total. The first-order valence-corrected chi connectivity index (χ1v) is 12.2. The predicted octanol–water partition coefficient (Wildman–Crippen LogP) is 2.91. The summed E-state index contributed by atoms with van der Waals surface area (Å²) in [5, 5.41) is 10.1. The number of nitrogens with two attached hydrogens (primary N) is 2. The summed E-state index contributed by atoms with van der Waals surface area (Å²) in [6, 6.07) is 18.1. The Kier molecular flexibility index (Phi) is 7.84. The molecule has 0 saturated carbocycles. The molecule has 2 amide bonds. The molecule has 2 aromatic heterocycles. The zero-order valence-electron chi connectivity index (χ0n) is 20.3. The fourth-order valence-electron chi connectivity index (χ4n) is 3.52. The van der Waals surface area contributed by atoms with E-state index in [1.165, 1.54) is 23.7 Å². The number of hydrazone groups is 1. The van der Waals surface area contributed by atoms with Gasteiger partial charge in [-0.15, -0.1) is 11.3 Å². The molecule has 1 unspecified atom stereocenters. The van der Waals surface area contributed by atoms with E-state index in [-0.39, 0.29) is 23.3 Å². The summed E-state index contributed by atoms with van der Waals surface area (Å²) in [5.74, 6) is 4.59. The van der Waals surface area contributed by atoms with E-state index in [0.717, 1.165) is 26.7 Å². The quantitative estimate of drug-likeness (QED) is 0.122. The molecule has 0 aliphatic carbocycles. The Morgan fingerprint density at radius 1 is 1.03 bits per heavy atom. The third-order valence-corrected chi connectivity index (χ3v) is 6.85. The number of thiazole rings is 1. The van der Waals surface area contributed by atoms with E-state index in [1.54, 1.807) is 12.1 Å². The van der Waals surface area contributed by atoms with Crippen molar-refractivity contribution in [2.75, 3.05) is 0 Å². The second-order valence-corrected chi connectivity index (χ2v) is 9.28. The molecule has 0 aliphatic heterocycles. The van der Waals surface area contributed by atoms with Gasteiger partial charge in [-0.1, -0.05) is 54.6 Å². The molecule has 0 bridgehead atoms. The van der Waals surface area contributed by atoms with Gasteiger partial charge >= 0.3 is 0 Å². The van der Waals surface area contributed by atoms with Gasteiger partial charge in [0.25, 0.3) is 11.8 Å². The number of nitrogens with zero attached hydrogens (tertiary/aromatic N) is 4. The van der Waals surface area contributed by atoms with Gasteiger partial charge in [-0.05, 0) is 19.4 Å². The summed E-state index contributed by atoms with van der Waals surface area (Å²) in [5.41, 5.74) is 9.30. The third-order valence-electron chi connectivity index (χ3n) is 5.65. The topological polar surface area (TPSA) is 161 Å². The van der Waals surface area contributed by atoms with Crippen molar-refractivity contribution in [1.29, 1.82) is 0 Å². The van der Waals surface area contributed by atoms with Crippen LogP contribution in [0.1, 0.15) is 55.6 Å². The van der Waals surface area contributed by atoms with Crippen molar-refractivity contribution >= 4 is 29.0 Å². The van der Waals surface area contributed by atoms with Crippen LogP contribution in [0.5, 0.6) is 0 Å². The Labute approximate surface area is 217 Å². The van der Waals surface area contributed by atoms with Crippen LogP contribution in [0.15, 0.2) is 72.1 Å². The largest absolute Gasteiger partial charge is 0.382 e. The van der Waals surface area contributed by atoms with Crippen LogP contribution in [0.4, 0.5) is 0 Å². The molecule has 188 valence electrons. The van der Waals surface area contributed by atoms with Crippen LogP contribution in [0, 0.1) is 6.92 Å². The number of carbonyl (C=O) groups excluding carboxylic acids is 2. The van der Waals surface area contributed by atoms with E-state index in [9.17, 15) is 9.59 Å². The maximum absolute atomic E-state index is 12.8. The molecule has 0 radical (unpaired) electrons. The van der Waals surface area contributed by atoms with Crippen LogP contribution in [-0.4, -0.2) is 32.6 Å². The number of aromatic nitrogens is 3. The number of rotatable bonds is 8. The summed E-state index contributed by atoms with van der Waals surface area (Å²) in [4.78, 5) is 39.2. The van der Waals surface area contributed by atoms with Gasteiger partial charge in [-0.2, -0.15) is 5.10 Å². The fraction of sp³-hybridized carbons (Fsp3) is 0.154. The first-order valence-electron chi connectivity index (χ1n) is 11.4. The van der Waals surface area contributed by atoms with Gasteiger partial charge in [-0.3, -0.25) is 9.59 Å². The molecule has 2 heterocycles. The molecule has 4 rings (SSSR count). The normalized spacial score (nSPS) is 12.1. The van der Waals surface area contributed by atoms with E-state index >= 15 is 0 Å². The highest BCUT2D eigenvalue weighted by Gasteiger charge is 2.17. The van der Waals surface area contributed by atoms with E-state index in [2.05, 4.69) is 30.7 Å². The van der Waals surface area contributed by atoms with Gasteiger partial charge in [0.1, 0.15) is 28.6 Å². The molecule has 2 aromatic carbocycles. The molecule has 11 heteroatoms. The minimum Gasteiger partial charge on any atom is -0.382 e. The fourth-order valence-corrected chi connectivity index (χ4v) is 4.53. The number of hydrogen-bond acceptors (Lipinski definition) is 8. The summed E-state index contributed by atoms with van der Waals surface area (Å²) in [6.45, 7) is 4.04. The van der Waals surface area contributed by atoms with Gasteiger partial charge in [0.05, 0.1) is 18.3 Å². The molecule has 37 heavy (non-hydrogen) atoms. The molecule has 10 nitrogen and oxygen atoms in total. The first kappa shape index (κ1) is 25.5. The van der Waals surface area contributed by atoms with Crippen molar-refractivity contribution in [3.05, 3.63) is 100 Å². The van der Waals surface area contributed by atoms with Gasteiger partial charge in [-0.25, -0.2) is 15.0 Å². The lowest BCUT2D eigenvalue weighted by Crippen LogP contribution is -2.29. The molecule has 1 atom stereocenters. The van der Waals surface area contributed by atoms with E-state index in [0.29, 0.717) is 12.1 Å². The zero-order chi connectivity index (χ0) is 26.4. The average Bonchev–Trinajstić information content (AvgIpc) is 3.32. The smallest absolute Gasteiger partial charge is 0.270 e. The van der Waals surface area contributed by atoms with Crippen LogP contribution in [0.2, 0.25) is 0 Å². The molecular formula is C26H26N8O2S. The van der Waals surface area contributed by atoms with E-state index in [1.807, 2.05) is 56.3 Å². The Hall–Kier alpha value is -4.64. The van der Waals surface area contributed by atoms with E-state index in [4.69, 9.17) is 11.6 Å². The monoisotopic (exact) mass is 514 g/mol. The maximum atomic E-state index is 12.8. The van der Waals surface area contributed by atoms with Crippen LogP contribution in [0.3, 0.4) is 0 Å². The van der Waals surface area contributed by atoms with Crippen molar-refractivity contribution in [2.45, 2.75) is 26.4 Å². The highest BCUT2D eigenvalue weighted by Crippen LogP contribution is 2.27. The van der Waals surface area contributed by atoms with Gasteiger partial charge < -0.3 is 22.2 Å². The zero-order valence-corrected chi connectivity index (χ0v) is 21.1. The summed E-state index contributed by atoms with van der Waals surface area (Å²) >= 11 is 1.52. The van der Waals surface area contributed by atoms with Gasteiger partial charge in [0, 0.05) is 22.1 Å². The minimum absolute atomic E-state index is 0.0865. The number of benzene rings is 2. The number of amidine groups is 1. The van der Waals surface area contributed by atoms with Crippen molar-refractivity contribution < 1.29 is 9.59 Å². The van der Waals surface area contributed by atoms with Crippen molar-refractivity contribution in [3.63, 3.8) is 0 Å². The molecule has 0 saturated heterocycles. The van der Waals surface area contributed by atoms with Crippen LogP contribution < -0.4 is 22.2 Å². The van der Waals surface area contributed by atoms with Crippen LogP contribution in [0.25, 0.3) is 10.6 Å². The number of amides is 2. The number of aryl methyl sites for hydroxylation is 1. The average molecular weight is 515 g/mol. The number of carbonyl (C=O) groups is 2. The number of hydrogen-bond donors (Lipinski definition) is 4. The Morgan fingerprint density at radius 2 is 1.70 bits per heavy atom. The standard InChI is InChI=1S/C26H26N8O2S/c1-15(17-8-10-18(11-9-17)23(27)34-28)32-25(36)21-12-20(30-14-31-21)24(35)29-13-22-16(2)33-26(37-22)19-6-4-3-5-7-19/h3-12,14-15H,13,28H2,1-2H3,(H2,27,34)(H,29,35)(H,32,36). The van der Waals surface area contributed by atoms with E-state index < -0.39 is 11.8 Å². The molecule has 0 fully saturated rings. The van der Waals surface area contributed by atoms with Crippen molar-refractivity contribution in [3.8, 4) is 10.6 Å². The SMILES string of the molecule is Cc1nc(-c2ccccc2)sc1CNC(=O)c1cc(C(=O)NC(C)c2ccc(/C(N)=N/N)cc2)ncn1. The lowest BCUT2D eigenvalue weighted by Gasteiger charge is -2.14. The Balaban J connectivity index is 1.38. The second-order valence-electron chi connectivity index (χ2n) is 8.20. The molecule has 4 aromatic rings. The first-order chi connectivity index (χ1) is 17.9. The second kappa shape index (κ2) is 11.4. The lowest BCUT2D eigenvalue weighted by molar-refractivity contribution is 0.0934. The Morgan fingerprint density at radius 3 is 2.38 bits per heavy atom. The summed E-state index contributed by atoms with van der Waals surface area (Å²) in [6.07, 6.45) is 1.20. The Bertz CT molecular complexity index is 1430. The van der Waals surface area contributed by atoms with Gasteiger partial charge in [0.2, 0.25) is 0 Å². The highest BCUT2D eigenvalue weighted by molar-refractivity contribution is 7.15. The summed E-state index contributed by atoms with van der Waals surface area (Å²) < 4.78 is 0. The lowest BCUT2D eigenvalue weighted by atomic mass is 10.1. The molecular weight excluding hydrogens is 488 g/mol. The molecule has 0 spiro atoms. The maximum Gasteiger partial charge on any atom is 0.270 e. The minimum atomic E-state index is -0.429. The van der Waals surface area contributed by atoms with Crippen LogP contribution in [-0.2, 0) is 6.54 Å². The van der Waals surface area contributed by atoms with Crippen LogP contribution >= 0.6 is 11.3 Å². The van der Waals surface area contributed by atoms with Crippen molar-refractivity contribution in [1.82, 2.24) is 25.6 Å². The third kappa shape index (κ3) is 6.14.